The van der Waals surface area contributed by atoms with Crippen molar-refractivity contribution in [3.05, 3.63) is 35.9 Å². The molecular formula is C8H9Cl3N3P. The summed E-state index contributed by atoms with van der Waals surface area (Å²) < 4.78 is 5.62. The molecule has 0 spiro atoms. The molecule has 7 heteroatoms. The van der Waals surface area contributed by atoms with Crippen molar-refractivity contribution < 1.29 is 0 Å². The van der Waals surface area contributed by atoms with E-state index in [4.69, 9.17) is 33.7 Å². The van der Waals surface area contributed by atoms with Gasteiger partial charge in [-0.05, 0) is 0 Å². The molecule has 1 aromatic rings. The zero-order valence-corrected chi connectivity index (χ0v) is 11.0. The third-order valence-electron chi connectivity index (χ3n) is 2.05. The van der Waals surface area contributed by atoms with E-state index in [2.05, 4.69) is 10.2 Å². The first-order chi connectivity index (χ1) is 6.87. The molecule has 0 saturated carbocycles. The summed E-state index contributed by atoms with van der Waals surface area (Å²) in [6.45, 7) is 0. The standard InChI is InChI=1S/C8H9Cl3N3P/c1-14-12-8(13-15(14,9,10)11)7-5-3-2-4-6-7/h2-6H,1H3,(H,12,13). The summed E-state index contributed by atoms with van der Waals surface area (Å²) >= 11 is 18.2. The SMILES string of the molecule is CN1NC(c2ccccc2)=NP1(Cl)(Cl)Cl. The van der Waals surface area contributed by atoms with Gasteiger partial charge >= 0.3 is 102 Å². The number of hydrogen-bond donors (Lipinski definition) is 1. The van der Waals surface area contributed by atoms with Crippen molar-refractivity contribution in [2.24, 2.45) is 4.76 Å². The number of halogens is 3. The number of nitrogens with zero attached hydrogens (tertiary/aromatic N) is 2. The summed E-state index contributed by atoms with van der Waals surface area (Å²) in [5.41, 5.74) is 3.85. The van der Waals surface area contributed by atoms with Gasteiger partial charge in [0.25, 0.3) is 0 Å². The van der Waals surface area contributed by atoms with Crippen LogP contribution in [0.4, 0.5) is 0 Å². The molecule has 0 radical (unpaired) electrons. The molecule has 0 aromatic heterocycles. The molecule has 1 heterocycles. The van der Waals surface area contributed by atoms with Crippen molar-refractivity contribution in [3.63, 3.8) is 0 Å². The molecule has 1 aromatic carbocycles. The van der Waals surface area contributed by atoms with E-state index in [9.17, 15) is 0 Å². The zero-order valence-electron chi connectivity index (χ0n) is 7.86. The van der Waals surface area contributed by atoms with Crippen LogP contribution in [0, 0.1) is 0 Å². The van der Waals surface area contributed by atoms with E-state index < -0.39 is 4.96 Å². The van der Waals surface area contributed by atoms with Gasteiger partial charge in [0.15, 0.2) is 0 Å². The predicted molar refractivity (Wildman–Crippen MR) is 68.4 cm³/mol. The van der Waals surface area contributed by atoms with Crippen LogP contribution in [0.5, 0.6) is 0 Å². The Labute approximate surface area is 102 Å². The van der Waals surface area contributed by atoms with Gasteiger partial charge in [-0.2, -0.15) is 0 Å². The Kier molecular flexibility index (Phi) is 2.65. The van der Waals surface area contributed by atoms with Gasteiger partial charge in [-0.1, -0.05) is 0 Å². The first-order valence-corrected chi connectivity index (χ1v) is 9.07. The van der Waals surface area contributed by atoms with Gasteiger partial charge < -0.3 is 0 Å². The maximum absolute atomic E-state index is 6.06. The molecule has 0 saturated heterocycles. The summed E-state index contributed by atoms with van der Waals surface area (Å²) in [5, 5.41) is 0. The normalized spacial score (nSPS) is 26.1. The molecular weight excluding hydrogens is 275 g/mol. The molecule has 0 aliphatic carbocycles. The van der Waals surface area contributed by atoms with Crippen molar-refractivity contribution in [2.45, 2.75) is 0 Å². The van der Waals surface area contributed by atoms with Crippen LogP contribution in [0.25, 0.3) is 0 Å². The number of amidine groups is 1. The van der Waals surface area contributed by atoms with Gasteiger partial charge in [-0.25, -0.2) is 0 Å². The van der Waals surface area contributed by atoms with Gasteiger partial charge in [0.2, 0.25) is 0 Å². The minimum absolute atomic E-state index is 0.593. The predicted octanol–water partition coefficient (Wildman–Crippen LogP) is 3.73. The Balaban J connectivity index is 2.40. The van der Waals surface area contributed by atoms with Crippen molar-refractivity contribution in [2.75, 3.05) is 7.05 Å². The van der Waals surface area contributed by atoms with Gasteiger partial charge in [0.05, 0.1) is 0 Å². The van der Waals surface area contributed by atoms with Gasteiger partial charge in [-0.3, -0.25) is 0 Å². The fraction of sp³-hybridized carbons (Fsp3) is 0.125. The Morgan fingerprint density at radius 3 is 2.27 bits per heavy atom. The molecule has 1 aliphatic rings. The second-order valence-electron chi connectivity index (χ2n) is 3.18. The topological polar surface area (TPSA) is 27.6 Å². The van der Waals surface area contributed by atoms with Crippen LogP contribution in [0.15, 0.2) is 35.1 Å². The molecule has 2 rings (SSSR count). The molecule has 82 valence electrons. The Morgan fingerprint density at radius 1 is 1.20 bits per heavy atom. The van der Waals surface area contributed by atoms with Crippen LogP contribution in [0.2, 0.25) is 0 Å². The molecule has 3 nitrogen and oxygen atoms in total. The van der Waals surface area contributed by atoms with E-state index in [0.29, 0.717) is 5.84 Å². The van der Waals surface area contributed by atoms with E-state index in [1.807, 2.05) is 30.3 Å². The van der Waals surface area contributed by atoms with E-state index >= 15 is 0 Å². The van der Waals surface area contributed by atoms with Crippen LogP contribution in [0.3, 0.4) is 0 Å². The summed E-state index contributed by atoms with van der Waals surface area (Å²) in [6.07, 6.45) is 0. The number of rotatable bonds is 1. The quantitative estimate of drug-likeness (QED) is 0.796. The number of hydrazine groups is 1. The third-order valence-corrected chi connectivity index (χ3v) is 6.33. The summed E-state index contributed by atoms with van der Waals surface area (Å²) in [6, 6.07) is 9.54. The Hall–Kier alpha value is -0.0500. The summed E-state index contributed by atoms with van der Waals surface area (Å²) in [5.74, 6) is 0.593. The average molecular weight is 285 g/mol. The second kappa shape index (κ2) is 3.47. The van der Waals surface area contributed by atoms with E-state index in [1.165, 1.54) is 4.78 Å². The van der Waals surface area contributed by atoms with E-state index in [0.717, 1.165) is 5.56 Å². The Bertz CT molecular complexity index is 412. The minimum atomic E-state index is -3.63. The third kappa shape index (κ3) is 2.22. The van der Waals surface area contributed by atoms with Crippen LogP contribution >= 0.6 is 38.7 Å². The van der Waals surface area contributed by atoms with Gasteiger partial charge in [0.1, 0.15) is 0 Å². The Morgan fingerprint density at radius 2 is 1.80 bits per heavy atom. The molecule has 0 amide bonds. The first kappa shape index (κ1) is 11.4. The van der Waals surface area contributed by atoms with Crippen LogP contribution < -0.4 is 5.43 Å². The molecule has 0 bridgehead atoms. The maximum atomic E-state index is 6.06. The number of benzene rings is 1. The summed E-state index contributed by atoms with van der Waals surface area (Å²) in [7, 11) is 1.67. The molecule has 1 N–H and O–H groups in total. The van der Waals surface area contributed by atoms with Crippen molar-refractivity contribution in [1.82, 2.24) is 10.2 Å². The average Bonchev–Trinajstić information content (AvgIpc) is 2.39. The van der Waals surface area contributed by atoms with E-state index in [-0.39, 0.29) is 0 Å². The van der Waals surface area contributed by atoms with E-state index in [1.54, 1.807) is 7.05 Å². The van der Waals surface area contributed by atoms with Crippen LogP contribution in [-0.4, -0.2) is 17.7 Å². The fourth-order valence-electron chi connectivity index (χ4n) is 1.20. The van der Waals surface area contributed by atoms with Gasteiger partial charge in [-0.15, -0.1) is 0 Å². The molecule has 0 atom stereocenters. The monoisotopic (exact) mass is 283 g/mol. The molecule has 15 heavy (non-hydrogen) atoms. The number of nitrogens with one attached hydrogen (secondary N) is 1. The molecule has 1 aliphatic heterocycles. The van der Waals surface area contributed by atoms with Crippen molar-refractivity contribution in [3.8, 4) is 0 Å². The zero-order chi connectivity index (χ0) is 11.1. The summed E-state index contributed by atoms with van der Waals surface area (Å²) in [4.78, 5) is -3.63. The fourth-order valence-corrected chi connectivity index (χ4v) is 3.08. The van der Waals surface area contributed by atoms with Crippen LogP contribution in [-0.2, 0) is 0 Å². The molecule has 0 unspecified atom stereocenters. The first-order valence-electron chi connectivity index (χ1n) is 4.21. The molecule has 0 fully saturated rings. The van der Waals surface area contributed by atoms with Crippen molar-refractivity contribution in [1.29, 1.82) is 0 Å². The van der Waals surface area contributed by atoms with Crippen LogP contribution in [0.1, 0.15) is 5.56 Å². The number of hydrogen-bond acceptors (Lipinski definition) is 3. The van der Waals surface area contributed by atoms with Gasteiger partial charge in [0, 0.05) is 0 Å². The second-order valence-corrected chi connectivity index (χ2v) is 12.8. The van der Waals surface area contributed by atoms with Crippen molar-refractivity contribution >= 4 is 44.5 Å².